The zero-order valence-electron chi connectivity index (χ0n) is 16.6. The predicted molar refractivity (Wildman–Crippen MR) is 109 cm³/mol. The van der Waals surface area contributed by atoms with E-state index in [0.29, 0.717) is 35.0 Å². The Labute approximate surface area is 180 Å². The molecule has 4 rings (SSSR count). The number of ether oxygens (including phenoxy) is 1. The Hall–Kier alpha value is -3.82. The van der Waals surface area contributed by atoms with Gasteiger partial charge in [0.15, 0.2) is 0 Å². The first kappa shape index (κ1) is 21.4. The van der Waals surface area contributed by atoms with Crippen molar-refractivity contribution >= 4 is 28.9 Å². The van der Waals surface area contributed by atoms with Gasteiger partial charge in [0.2, 0.25) is 5.91 Å². The van der Waals surface area contributed by atoms with Crippen molar-refractivity contribution in [2.75, 3.05) is 0 Å². The number of nitrogens with zero attached hydrogens (tertiary/aromatic N) is 4. The maximum absolute atomic E-state index is 12.7. The van der Waals surface area contributed by atoms with Gasteiger partial charge in [-0.25, -0.2) is 5.01 Å². The monoisotopic (exact) mass is 442 g/mol. The van der Waals surface area contributed by atoms with E-state index in [2.05, 4.69) is 19.8 Å². The summed E-state index contributed by atoms with van der Waals surface area (Å²) in [5, 5.41) is 5.77. The third-order valence-electron chi connectivity index (χ3n) is 4.94. The number of amides is 1. The average Bonchev–Trinajstić information content (AvgIpc) is 3.22. The second-order valence-electron chi connectivity index (χ2n) is 7.09. The van der Waals surface area contributed by atoms with Gasteiger partial charge in [-0.15, -0.1) is 13.2 Å². The van der Waals surface area contributed by atoms with Gasteiger partial charge in [0.1, 0.15) is 12.0 Å². The molecule has 0 fully saturated rings. The van der Waals surface area contributed by atoms with Gasteiger partial charge in [0.25, 0.3) is 0 Å². The van der Waals surface area contributed by atoms with Gasteiger partial charge in [0.05, 0.1) is 22.8 Å². The molecule has 0 aliphatic carbocycles. The van der Waals surface area contributed by atoms with Crippen LogP contribution >= 0.6 is 0 Å². The molecule has 0 bridgehead atoms. The topological polar surface area (TPSA) is 84.8 Å². The lowest BCUT2D eigenvalue weighted by Crippen LogP contribution is -2.26. The van der Waals surface area contributed by atoms with Crippen molar-refractivity contribution in [3.8, 4) is 5.75 Å². The minimum atomic E-state index is -4.78. The van der Waals surface area contributed by atoms with Gasteiger partial charge in [-0.05, 0) is 47.5 Å². The molecule has 1 aliphatic rings. The normalized spacial score (nSPS) is 16.2. The molecular formula is C22H17F3N4O3. The number of hydrogen-bond donors (Lipinski definition) is 0. The van der Waals surface area contributed by atoms with Crippen molar-refractivity contribution in [1.29, 1.82) is 0 Å². The van der Waals surface area contributed by atoms with Gasteiger partial charge in [-0.3, -0.25) is 14.8 Å². The smallest absolute Gasteiger partial charge is 0.406 e. The van der Waals surface area contributed by atoms with E-state index >= 15 is 0 Å². The third-order valence-corrected chi connectivity index (χ3v) is 4.94. The van der Waals surface area contributed by atoms with Crippen LogP contribution in [-0.4, -0.2) is 39.2 Å². The molecule has 1 atom stereocenters. The van der Waals surface area contributed by atoms with E-state index in [0.717, 1.165) is 5.56 Å². The van der Waals surface area contributed by atoms with Crippen molar-refractivity contribution in [2.45, 2.75) is 31.7 Å². The largest absolute Gasteiger partial charge is 0.573 e. The fourth-order valence-corrected chi connectivity index (χ4v) is 3.51. The maximum Gasteiger partial charge on any atom is 0.573 e. The molecule has 0 spiro atoms. The van der Waals surface area contributed by atoms with Crippen LogP contribution in [0.2, 0.25) is 0 Å². The fourth-order valence-electron chi connectivity index (χ4n) is 3.51. The Bertz CT molecular complexity index is 1180. The van der Waals surface area contributed by atoms with Crippen molar-refractivity contribution in [3.63, 3.8) is 0 Å². The molecule has 32 heavy (non-hydrogen) atoms. The van der Waals surface area contributed by atoms with Gasteiger partial charge in [0, 0.05) is 31.7 Å². The molecule has 1 amide bonds. The summed E-state index contributed by atoms with van der Waals surface area (Å²) in [6.45, 7) is 0. The van der Waals surface area contributed by atoms with E-state index < -0.39 is 12.4 Å². The van der Waals surface area contributed by atoms with Gasteiger partial charge in [-0.2, -0.15) is 5.10 Å². The lowest BCUT2D eigenvalue weighted by Gasteiger charge is -2.22. The Kier molecular flexibility index (Phi) is 5.85. The summed E-state index contributed by atoms with van der Waals surface area (Å²) < 4.78 is 41.1. The molecule has 2 aromatic carbocycles. The predicted octanol–water partition coefficient (Wildman–Crippen LogP) is 4.19. The number of halogens is 3. The second kappa shape index (κ2) is 8.74. The molecule has 3 aromatic rings. The van der Waals surface area contributed by atoms with Crippen LogP contribution in [0.4, 0.5) is 13.2 Å². The van der Waals surface area contributed by atoms with Crippen LogP contribution in [0, 0.1) is 0 Å². The van der Waals surface area contributed by atoms with Crippen molar-refractivity contribution < 1.29 is 27.5 Å². The fraction of sp³-hybridized carbons (Fsp3) is 0.227. The molecule has 164 valence electrons. The van der Waals surface area contributed by atoms with Crippen LogP contribution < -0.4 is 4.74 Å². The Balaban J connectivity index is 1.63. The van der Waals surface area contributed by atoms with Crippen LogP contribution in [0.15, 0.2) is 60.0 Å². The first-order chi connectivity index (χ1) is 15.3. The van der Waals surface area contributed by atoms with Crippen molar-refractivity contribution in [1.82, 2.24) is 15.0 Å². The summed E-state index contributed by atoms with van der Waals surface area (Å²) in [5.74, 6) is -0.670. The lowest BCUT2D eigenvalue weighted by atomic mass is 9.97. The standard InChI is InChI=1S/C22H17F3N4O3/c23-22(24,25)32-16-6-3-14(4-7-16)18-13-20(29(28-18)21(31)2-1-11-30)15-5-8-17-19(12-15)27-10-9-26-17/h3-12,20H,1-2,13H2. The first-order valence-electron chi connectivity index (χ1n) is 9.74. The van der Waals surface area contributed by atoms with E-state index in [1.165, 1.54) is 29.3 Å². The molecule has 0 saturated heterocycles. The highest BCUT2D eigenvalue weighted by atomic mass is 19.4. The highest BCUT2D eigenvalue weighted by molar-refractivity contribution is 6.03. The maximum atomic E-state index is 12.7. The molecule has 10 heteroatoms. The minimum Gasteiger partial charge on any atom is -0.406 e. The number of hydrazone groups is 1. The quantitative estimate of drug-likeness (QED) is 0.535. The summed E-state index contributed by atoms with van der Waals surface area (Å²) in [6.07, 6.45) is -0.544. The molecule has 0 saturated carbocycles. The Morgan fingerprint density at radius 2 is 1.81 bits per heavy atom. The highest BCUT2D eigenvalue weighted by Crippen LogP contribution is 2.35. The number of aldehydes is 1. The molecular weight excluding hydrogens is 425 g/mol. The molecule has 0 radical (unpaired) electrons. The molecule has 0 N–H and O–H groups in total. The molecule has 1 unspecified atom stereocenters. The van der Waals surface area contributed by atoms with Crippen LogP contribution in [0.3, 0.4) is 0 Å². The summed E-state index contributed by atoms with van der Waals surface area (Å²) in [6, 6.07) is 10.3. The zero-order chi connectivity index (χ0) is 22.7. The number of aromatic nitrogens is 2. The number of carbonyl (C=O) groups excluding carboxylic acids is 2. The van der Waals surface area contributed by atoms with Crippen molar-refractivity contribution in [3.05, 3.63) is 66.0 Å². The summed E-state index contributed by atoms with van der Waals surface area (Å²) >= 11 is 0. The molecule has 1 aliphatic heterocycles. The third kappa shape index (κ3) is 4.74. The van der Waals surface area contributed by atoms with Gasteiger partial charge in [-0.1, -0.05) is 6.07 Å². The first-order valence-corrected chi connectivity index (χ1v) is 9.74. The molecule has 2 heterocycles. The summed E-state index contributed by atoms with van der Waals surface area (Å²) in [4.78, 5) is 32.0. The molecule has 7 nitrogen and oxygen atoms in total. The van der Waals surface area contributed by atoms with Crippen LogP contribution in [0.5, 0.6) is 5.75 Å². The number of rotatable bonds is 6. The number of benzene rings is 2. The highest BCUT2D eigenvalue weighted by Gasteiger charge is 2.34. The number of fused-ring (bicyclic) bond motifs is 1. The van der Waals surface area contributed by atoms with E-state index in [1.807, 2.05) is 12.1 Å². The van der Waals surface area contributed by atoms with Crippen LogP contribution in [0.25, 0.3) is 11.0 Å². The summed E-state index contributed by atoms with van der Waals surface area (Å²) in [5.41, 5.74) is 3.25. The van der Waals surface area contributed by atoms with Gasteiger partial charge >= 0.3 is 6.36 Å². The molecule has 1 aromatic heterocycles. The van der Waals surface area contributed by atoms with E-state index in [-0.39, 0.29) is 24.5 Å². The van der Waals surface area contributed by atoms with Crippen LogP contribution in [-0.2, 0) is 9.59 Å². The van der Waals surface area contributed by atoms with Crippen LogP contribution in [0.1, 0.15) is 36.4 Å². The average molecular weight is 442 g/mol. The number of carbonyl (C=O) groups is 2. The zero-order valence-corrected chi connectivity index (χ0v) is 16.6. The van der Waals surface area contributed by atoms with E-state index in [9.17, 15) is 22.8 Å². The number of hydrogen-bond acceptors (Lipinski definition) is 6. The second-order valence-corrected chi connectivity index (χ2v) is 7.09. The Morgan fingerprint density at radius 3 is 2.50 bits per heavy atom. The van der Waals surface area contributed by atoms with E-state index in [4.69, 9.17) is 0 Å². The van der Waals surface area contributed by atoms with Gasteiger partial charge < -0.3 is 9.53 Å². The minimum absolute atomic E-state index is 0.00251. The van der Waals surface area contributed by atoms with E-state index in [1.54, 1.807) is 18.5 Å². The SMILES string of the molecule is O=CCCC(=O)N1N=C(c2ccc(OC(F)(F)F)cc2)CC1c1ccc2nccnc2c1. The summed E-state index contributed by atoms with van der Waals surface area (Å²) in [7, 11) is 0. The Morgan fingerprint density at radius 1 is 1.09 bits per heavy atom. The van der Waals surface area contributed by atoms with Crippen molar-refractivity contribution in [2.24, 2.45) is 5.10 Å². The lowest BCUT2D eigenvalue weighted by molar-refractivity contribution is -0.274. The number of alkyl halides is 3.